The van der Waals surface area contributed by atoms with E-state index in [-0.39, 0.29) is 36.0 Å². The van der Waals surface area contributed by atoms with Gasteiger partial charge in [0, 0.05) is 35.8 Å². The van der Waals surface area contributed by atoms with Gasteiger partial charge in [-0.25, -0.2) is 8.42 Å². The molecule has 0 radical (unpaired) electrons. The second-order valence-electron chi connectivity index (χ2n) is 16.6. The third-order valence-corrected chi connectivity index (χ3v) is 14.0. The van der Waals surface area contributed by atoms with Crippen molar-refractivity contribution < 1.29 is 50.1 Å². The third kappa shape index (κ3) is 5.41. The van der Waals surface area contributed by atoms with Crippen LogP contribution in [0.25, 0.3) is 11.1 Å². The molecule has 274 valence electrons. The summed E-state index contributed by atoms with van der Waals surface area (Å²) in [5.74, 6) is -7.97. The molecule has 2 aromatic rings. The largest absolute Gasteiger partial charge is 0.456 e. The predicted octanol–water partition coefficient (Wildman–Crippen LogP) is 7.98. The van der Waals surface area contributed by atoms with Crippen molar-refractivity contribution in [3.05, 3.63) is 65.2 Å². The molecule has 4 fully saturated rings. The zero-order valence-electron chi connectivity index (χ0n) is 28.7. The van der Waals surface area contributed by atoms with E-state index in [0.717, 1.165) is 28.5 Å². The summed E-state index contributed by atoms with van der Waals surface area (Å²) in [4.78, 5) is 0.175. The smallest absolute Gasteiger partial charge is 0.385 e. The highest BCUT2D eigenvalue weighted by atomic mass is 32.2. The highest BCUT2D eigenvalue weighted by Gasteiger charge is 2.79. The van der Waals surface area contributed by atoms with Gasteiger partial charge in [0.1, 0.15) is 5.60 Å². The van der Waals surface area contributed by atoms with Crippen LogP contribution in [0.5, 0.6) is 0 Å². The van der Waals surface area contributed by atoms with Crippen LogP contribution in [0.1, 0.15) is 83.6 Å². The van der Waals surface area contributed by atoms with Gasteiger partial charge in [0.2, 0.25) is 0 Å². The summed E-state index contributed by atoms with van der Waals surface area (Å²) in [5.41, 5.74) is -2.69. The number of allylic oxidation sites excluding steroid dienone is 1. The summed E-state index contributed by atoms with van der Waals surface area (Å²) < 4.78 is 109. The second kappa shape index (κ2) is 11.3. The number of fused-ring (bicyclic) bond motifs is 4. The van der Waals surface area contributed by atoms with Crippen LogP contribution in [0.3, 0.4) is 0 Å². The van der Waals surface area contributed by atoms with Crippen LogP contribution in [0, 0.1) is 22.7 Å². The first kappa shape index (κ1) is 36.0. The van der Waals surface area contributed by atoms with Gasteiger partial charge in [-0.15, -0.1) is 0 Å². The lowest BCUT2D eigenvalue weighted by Gasteiger charge is -2.59. The quantitative estimate of drug-likeness (QED) is 0.246. The molecule has 1 saturated heterocycles. The molecular formula is C38H45F5O6S. The summed E-state index contributed by atoms with van der Waals surface area (Å²) in [6.07, 6.45) is -3.87. The van der Waals surface area contributed by atoms with Crippen LogP contribution in [-0.2, 0) is 19.3 Å². The number of hydrogen-bond donors (Lipinski definition) is 2. The molecule has 4 aliphatic carbocycles. The van der Waals surface area contributed by atoms with E-state index in [2.05, 4.69) is 0 Å². The Balaban J connectivity index is 1.31. The lowest BCUT2D eigenvalue weighted by atomic mass is 9.49. The summed E-state index contributed by atoms with van der Waals surface area (Å²) in [7, 11) is -3.39. The Hall–Kier alpha value is -2.38. The molecule has 0 amide bonds. The zero-order chi connectivity index (χ0) is 36.3. The van der Waals surface area contributed by atoms with Crippen molar-refractivity contribution in [1.82, 2.24) is 0 Å². The van der Waals surface area contributed by atoms with Gasteiger partial charge in [0.05, 0.1) is 23.7 Å². The highest BCUT2D eigenvalue weighted by Crippen LogP contribution is 2.71. The van der Waals surface area contributed by atoms with E-state index in [1.54, 1.807) is 12.1 Å². The Bertz CT molecular complexity index is 1790. The molecule has 6 atom stereocenters. The molecule has 12 heteroatoms. The second-order valence-corrected chi connectivity index (χ2v) is 18.6. The van der Waals surface area contributed by atoms with Crippen LogP contribution in [0.2, 0.25) is 0 Å². The van der Waals surface area contributed by atoms with Crippen molar-refractivity contribution in [2.45, 2.75) is 112 Å². The van der Waals surface area contributed by atoms with Crippen molar-refractivity contribution >= 4 is 9.84 Å². The lowest BCUT2D eigenvalue weighted by molar-refractivity contribution is -0.362. The Kier molecular flexibility index (Phi) is 8.14. The predicted molar refractivity (Wildman–Crippen MR) is 176 cm³/mol. The van der Waals surface area contributed by atoms with Gasteiger partial charge in [-0.3, -0.25) is 0 Å². The Morgan fingerprint density at radius 1 is 0.820 bits per heavy atom. The number of aliphatic hydroxyl groups is 2. The van der Waals surface area contributed by atoms with Gasteiger partial charge in [-0.2, -0.15) is 22.0 Å². The number of ether oxygens (including phenoxy) is 2. The monoisotopic (exact) mass is 724 g/mol. The maximum atomic E-state index is 15.4. The van der Waals surface area contributed by atoms with E-state index < -0.39 is 68.5 Å². The fourth-order valence-corrected chi connectivity index (χ4v) is 10.7. The van der Waals surface area contributed by atoms with E-state index >= 15 is 8.78 Å². The molecule has 7 rings (SSSR count). The van der Waals surface area contributed by atoms with Crippen molar-refractivity contribution in [3.8, 4) is 11.1 Å². The molecule has 1 spiro atoms. The van der Waals surface area contributed by atoms with Crippen molar-refractivity contribution in [3.63, 3.8) is 0 Å². The van der Waals surface area contributed by atoms with Gasteiger partial charge in [-0.1, -0.05) is 62.7 Å². The van der Waals surface area contributed by atoms with Gasteiger partial charge < -0.3 is 19.7 Å². The SMILES string of the molecule is CC1(C)COC2(CCC3=C4C(CCC3(O)C2)C2CC[C@@](O)(C(F)(F)C(F)(F)F)[C@@]2(C)C[C@@H]4c2ccc(-c3ccc(S(C)(=O)=O)cc3)cc2)OC1. The third-order valence-electron chi connectivity index (χ3n) is 12.8. The van der Waals surface area contributed by atoms with Crippen LogP contribution >= 0.6 is 0 Å². The van der Waals surface area contributed by atoms with Crippen molar-refractivity contribution in [1.29, 1.82) is 0 Å². The van der Waals surface area contributed by atoms with Crippen LogP contribution in [0.4, 0.5) is 22.0 Å². The standard InChI is InChI=1S/C38H45F5O6S/c1-32(2)21-48-35(49-22-32)17-14-30-31-27(13-16-34(30,44)20-35)29-15-18-36(45,37(39,40)38(41,42)43)33(29,3)19-28(31)25-7-5-23(6-8-25)24-9-11-26(12-10-24)50(4,46)47/h5-12,27-29,44-45H,13-22H2,1-4H3/t27?,28-,29?,33+,34?,36+/m1/s1. The average Bonchev–Trinajstić information content (AvgIpc) is 3.32. The molecule has 2 aromatic carbocycles. The molecule has 3 saturated carbocycles. The first-order valence-corrected chi connectivity index (χ1v) is 19.3. The van der Waals surface area contributed by atoms with Crippen molar-refractivity contribution in [2.75, 3.05) is 19.5 Å². The molecule has 6 nitrogen and oxygen atoms in total. The minimum Gasteiger partial charge on any atom is -0.385 e. The van der Waals surface area contributed by atoms with Gasteiger partial charge in [0.25, 0.3) is 0 Å². The van der Waals surface area contributed by atoms with E-state index in [1.807, 2.05) is 38.1 Å². The topological polar surface area (TPSA) is 93.1 Å². The van der Waals surface area contributed by atoms with Crippen LogP contribution < -0.4 is 0 Å². The first-order chi connectivity index (χ1) is 23.1. The summed E-state index contributed by atoms with van der Waals surface area (Å²) >= 11 is 0. The Labute approximate surface area is 290 Å². The highest BCUT2D eigenvalue weighted by molar-refractivity contribution is 7.90. The molecule has 1 heterocycles. The molecule has 3 unspecified atom stereocenters. The lowest BCUT2D eigenvalue weighted by Crippen LogP contribution is -2.65. The fourth-order valence-electron chi connectivity index (χ4n) is 10.1. The van der Waals surface area contributed by atoms with E-state index in [1.165, 1.54) is 19.1 Å². The van der Waals surface area contributed by atoms with Crippen LogP contribution in [-0.4, -0.2) is 67.2 Å². The summed E-state index contributed by atoms with van der Waals surface area (Å²) in [6.45, 7) is 6.42. The molecular weight excluding hydrogens is 679 g/mol. The normalized spacial score (nSPS) is 35.4. The molecule has 50 heavy (non-hydrogen) atoms. The average molecular weight is 725 g/mol. The Morgan fingerprint density at radius 2 is 1.40 bits per heavy atom. The minimum absolute atomic E-state index is 0.0128. The first-order valence-electron chi connectivity index (χ1n) is 17.4. The van der Waals surface area contributed by atoms with E-state index in [9.17, 15) is 31.8 Å². The minimum atomic E-state index is -5.93. The maximum absolute atomic E-state index is 15.4. The molecule has 0 bridgehead atoms. The summed E-state index contributed by atoms with van der Waals surface area (Å²) in [6, 6.07) is 13.7. The van der Waals surface area contributed by atoms with Gasteiger partial charge in [-0.05, 0) is 84.8 Å². The number of alkyl halides is 5. The fraction of sp³-hybridized carbons (Fsp3) is 0.632. The van der Waals surface area contributed by atoms with Gasteiger partial charge >= 0.3 is 12.1 Å². The number of rotatable bonds is 4. The van der Waals surface area contributed by atoms with Crippen molar-refractivity contribution in [2.24, 2.45) is 22.7 Å². The summed E-state index contributed by atoms with van der Waals surface area (Å²) in [5, 5.41) is 24.0. The number of benzene rings is 2. The Morgan fingerprint density at radius 3 is 1.96 bits per heavy atom. The molecule has 1 aliphatic heterocycles. The van der Waals surface area contributed by atoms with E-state index in [4.69, 9.17) is 9.47 Å². The molecule has 5 aliphatic rings. The molecule has 2 N–H and O–H groups in total. The molecule has 0 aromatic heterocycles. The number of hydrogen-bond acceptors (Lipinski definition) is 6. The number of sulfone groups is 1. The number of halogens is 5. The van der Waals surface area contributed by atoms with Crippen LogP contribution in [0.15, 0.2) is 64.6 Å². The maximum Gasteiger partial charge on any atom is 0.456 e. The van der Waals surface area contributed by atoms with Gasteiger partial charge in [0.15, 0.2) is 15.6 Å². The van der Waals surface area contributed by atoms with E-state index in [0.29, 0.717) is 38.0 Å². The zero-order valence-corrected chi connectivity index (χ0v) is 29.6.